The second kappa shape index (κ2) is 4.51. The van der Waals surface area contributed by atoms with E-state index in [1.807, 2.05) is 13.8 Å². The first-order chi connectivity index (χ1) is 6.84. The summed E-state index contributed by atoms with van der Waals surface area (Å²) in [6, 6.07) is 6.67. The number of hydrogen-bond donors (Lipinski definition) is 1. The van der Waals surface area contributed by atoms with Crippen LogP contribution in [0.5, 0.6) is 0 Å². The van der Waals surface area contributed by atoms with Crippen LogP contribution < -0.4 is 5.14 Å². The number of alkyl halides is 1. The molecule has 0 bridgehead atoms. The van der Waals surface area contributed by atoms with E-state index in [1.165, 1.54) is 6.07 Å². The van der Waals surface area contributed by atoms with Gasteiger partial charge in [-0.15, -0.1) is 11.6 Å². The largest absolute Gasteiger partial charge is 0.238 e. The van der Waals surface area contributed by atoms with Crippen molar-refractivity contribution in [1.82, 2.24) is 0 Å². The van der Waals surface area contributed by atoms with Crippen LogP contribution >= 0.6 is 11.6 Å². The van der Waals surface area contributed by atoms with Crippen LogP contribution in [0.2, 0.25) is 0 Å². The van der Waals surface area contributed by atoms with E-state index >= 15 is 0 Å². The normalized spacial score (nSPS) is 16.0. The third-order valence-electron chi connectivity index (χ3n) is 2.41. The summed E-state index contributed by atoms with van der Waals surface area (Å²) >= 11 is 5.95. The van der Waals surface area contributed by atoms with Crippen molar-refractivity contribution in [2.75, 3.05) is 0 Å². The van der Waals surface area contributed by atoms with Crippen molar-refractivity contribution in [3.05, 3.63) is 29.8 Å². The fourth-order valence-electron chi connectivity index (χ4n) is 1.36. The Balaban J connectivity index is 3.31. The molecule has 5 heteroatoms. The van der Waals surface area contributed by atoms with Crippen LogP contribution in [0.4, 0.5) is 0 Å². The summed E-state index contributed by atoms with van der Waals surface area (Å²) in [7, 11) is -3.67. The van der Waals surface area contributed by atoms with Crippen molar-refractivity contribution in [3.8, 4) is 0 Å². The SMILES string of the molecule is CC(Cl)C(C)c1ccccc1S(N)(=O)=O. The molecule has 2 N–H and O–H groups in total. The van der Waals surface area contributed by atoms with E-state index < -0.39 is 10.0 Å². The minimum Gasteiger partial charge on any atom is -0.225 e. The van der Waals surface area contributed by atoms with Crippen molar-refractivity contribution in [1.29, 1.82) is 0 Å². The topological polar surface area (TPSA) is 60.2 Å². The van der Waals surface area contributed by atoms with Crippen molar-refractivity contribution in [2.45, 2.75) is 30.0 Å². The molecule has 1 aromatic carbocycles. The van der Waals surface area contributed by atoms with Crippen LogP contribution in [0.15, 0.2) is 29.2 Å². The molecular weight excluding hydrogens is 234 g/mol. The number of nitrogens with two attached hydrogens (primary N) is 1. The molecule has 1 aromatic rings. The Labute approximate surface area is 95.3 Å². The first-order valence-electron chi connectivity index (χ1n) is 4.60. The minimum atomic E-state index is -3.67. The Morgan fingerprint density at radius 3 is 2.27 bits per heavy atom. The first kappa shape index (κ1) is 12.5. The molecule has 0 aromatic heterocycles. The molecule has 0 spiro atoms. The fraction of sp³-hybridized carbons (Fsp3) is 0.400. The van der Waals surface area contributed by atoms with Gasteiger partial charge in [-0.3, -0.25) is 0 Å². The van der Waals surface area contributed by atoms with Gasteiger partial charge in [0.2, 0.25) is 10.0 Å². The lowest BCUT2D eigenvalue weighted by Crippen LogP contribution is -2.17. The average Bonchev–Trinajstić information content (AvgIpc) is 2.15. The molecule has 1 rings (SSSR count). The number of hydrogen-bond acceptors (Lipinski definition) is 2. The van der Waals surface area contributed by atoms with Crippen LogP contribution in [0, 0.1) is 0 Å². The number of halogens is 1. The summed E-state index contributed by atoms with van der Waals surface area (Å²) in [4.78, 5) is 0.157. The molecule has 0 heterocycles. The van der Waals surface area contributed by atoms with Gasteiger partial charge in [-0.1, -0.05) is 25.1 Å². The van der Waals surface area contributed by atoms with Crippen LogP contribution in [0.3, 0.4) is 0 Å². The molecule has 0 aliphatic rings. The van der Waals surface area contributed by atoms with Gasteiger partial charge in [0.25, 0.3) is 0 Å². The lowest BCUT2D eigenvalue weighted by atomic mass is 9.98. The quantitative estimate of drug-likeness (QED) is 0.832. The number of rotatable bonds is 3. The Morgan fingerprint density at radius 1 is 1.27 bits per heavy atom. The maximum absolute atomic E-state index is 11.3. The van der Waals surface area contributed by atoms with E-state index in [1.54, 1.807) is 18.2 Å². The van der Waals surface area contributed by atoms with Crippen molar-refractivity contribution >= 4 is 21.6 Å². The predicted molar refractivity (Wildman–Crippen MR) is 61.5 cm³/mol. The van der Waals surface area contributed by atoms with E-state index in [0.29, 0.717) is 5.56 Å². The molecular formula is C10H14ClNO2S. The van der Waals surface area contributed by atoms with Crippen LogP contribution in [-0.2, 0) is 10.0 Å². The Hall–Kier alpha value is -0.580. The predicted octanol–water partition coefficient (Wildman–Crippen LogP) is 2.06. The number of sulfonamides is 1. The zero-order valence-electron chi connectivity index (χ0n) is 8.64. The van der Waals surface area contributed by atoms with Gasteiger partial charge in [0, 0.05) is 5.38 Å². The monoisotopic (exact) mass is 247 g/mol. The molecule has 84 valence electrons. The fourth-order valence-corrected chi connectivity index (χ4v) is 2.35. The van der Waals surface area contributed by atoms with Crippen LogP contribution in [0.1, 0.15) is 25.3 Å². The molecule has 0 radical (unpaired) electrons. The second-order valence-electron chi connectivity index (χ2n) is 3.55. The number of benzene rings is 1. The molecule has 0 amide bonds. The van der Waals surface area contributed by atoms with Crippen molar-refractivity contribution in [2.24, 2.45) is 5.14 Å². The Bertz CT molecular complexity index is 442. The molecule has 0 fully saturated rings. The Kier molecular flexibility index (Phi) is 3.76. The highest BCUT2D eigenvalue weighted by molar-refractivity contribution is 7.89. The Morgan fingerprint density at radius 2 is 1.80 bits per heavy atom. The summed E-state index contributed by atoms with van der Waals surface area (Å²) < 4.78 is 22.6. The van der Waals surface area contributed by atoms with Crippen molar-refractivity contribution < 1.29 is 8.42 Å². The summed E-state index contributed by atoms with van der Waals surface area (Å²) in [5.41, 5.74) is 0.669. The maximum Gasteiger partial charge on any atom is 0.238 e. The van der Waals surface area contributed by atoms with Gasteiger partial charge in [-0.25, -0.2) is 13.6 Å². The second-order valence-corrected chi connectivity index (χ2v) is 5.77. The van der Waals surface area contributed by atoms with E-state index in [9.17, 15) is 8.42 Å². The van der Waals surface area contributed by atoms with E-state index in [-0.39, 0.29) is 16.2 Å². The lowest BCUT2D eigenvalue weighted by molar-refractivity contribution is 0.594. The molecule has 0 saturated heterocycles. The van der Waals surface area contributed by atoms with E-state index in [2.05, 4.69) is 0 Å². The van der Waals surface area contributed by atoms with Crippen LogP contribution in [-0.4, -0.2) is 13.8 Å². The summed E-state index contributed by atoms with van der Waals surface area (Å²) in [6.45, 7) is 3.70. The van der Waals surface area contributed by atoms with Gasteiger partial charge in [-0.2, -0.15) is 0 Å². The zero-order chi connectivity index (χ0) is 11.6. The smallest absolute Gasteiger partial charge is 0.225 e. The molecule has 2 atom stereocenters. The highest BCUT2D eigenvalue weighted by atomic mass is 35.5. The van der Waals surface area contributed by atoms with Crippen LogP contribution in [0.25, 0.3) is 0 Å². The van der Waals surface area contributed by atoms with Gasteiger partial charge < -0.3 is 0 Å². The molecule has 0 aliphatic heterocycles. The van der Waals surface area contributed by atoms with Gasteiger partial charge >= 0.3 is 0 Å². The minimum absolute atomic E-state index is 0.0545. The molecule has 3 nitrogen and oxygen atoms in total. The average molecular weight is 248 g/mol. The van der Waals surface area contributed by atoms with Gasteiger partial charge in [0.05, 0.1) is 4.90 Å². The molecule has 0 saturated carbocycles. The molecule has 2 unspecified atom stereocenters. The highest BCUT2D eigenvalue weighted by Gasteiger charge is 2.20. The van der Waals surface area contributed by atoms with Gasteiger partial charge in [-0.05, 0) is 24.5 Å². The third-order valence-corrected chi connectivity index (χ3v) is 3.77. The maximum atomic E-state index is 11.3. The van der Waals surface area contributed by atoms with Gasteiger partial charge in [0.1, 0.15) is 0 Å². The summed E-state index contributed by atoms with van der Waals surface area (Å²) in [6.07, 6.45) is 0. The van der Waals surface area contributed by atoms with E-state index in [0.717, 1.165) is 0 Å². The van der Waals surface area contributed by atoms with E-state index in [4.69, 9.17) is 16.7 Å². The first-order valence-corrected chi connectivity index (χ1v) is 6.58. The summed E-state index contributed by atoms with van der Waals surface area (Å²) in [5.74, 6) is -0.0545. The lowest BCUT2D eigenvalue weighted by Gasteiger charge is -2.17. The molecule has 15 heavy (non-hydrogen) atoms. The zero-order valence-corrected chi connectivity index (χ0v) is 10.2. The standard InChI is InChI=1S/C10H14ClNO2S/c1-7(8(2)11)9-5-3-4-6-10(9)15(12,13)14/h3-8H,1-2H3,(H2,12,13,14). The number of primary sulfonamides is 1. The third kappa shape index (κ3) is 2.93. The highest BCUT2D eigenvalue weighted by Crippen LogP contribution is 2.27. The van der Waals surface area contributed by atoms with Gasteiger partial charge in [0.15, 0.2) is 0 Å². The molecule has 0 aliphatic carbocycles. The van der Waals surface area contributed by atoms with Crippen molar-refractivity contribution in [3.63, 3.8) is 0 Å². The summed E-state index contributed by atoms with van der Waals surface area (Å²) in [5, 5.41) is 4.98.